The number of amides is 2. The molecule has 5 heteroatoms. The lowest BCUT2D eigenvalue weighted by Gasteiger charge is -2.32. The average molecular weight is 298 g/mol. The molecule has 0 aromatic carbocycles. The molecule has 0 aromatic rings. The lowest BCUT2D eigenvalue weighted by molar-refractivity contribution is -0.137. The third-order valence-corrected chi connectivity index (χ3v) is 3.68. The second-order valence-electron chi connectivity index (χ2n) is 7.24. The molecule has 122 valence electrons. The van der Waals surface area contributed by atoms with Crippen molar-refractivity contribution in [3.63, 3.8) is 0 Å². The molecule has 1 N–H and O–H groups in total. The molecule has 21 heavy (non-hydrogen) atoms. The molecule has 1 unspecified atom stereocenters. The quantitative estimate of drug-likeness (QED) is 0.761. The maximum atomic E-state index is 12.6. The van der Waals surface area contributed by atoms with Crippen LogP contribution in [0.15, 0.2) is 0 Å². The summed E-state index contributed by atoms with van der Waals surface area (Å²) in [5.41, 5.74) is -0.284. The first-order chi connectivity index (χ1) is 9.71. The Labute approximate surface area is 128 Å². The van der Waals surface area contributed by atoms with Crippen molar-refractivity contribution in [2.75, 3.05) is 26.3 Å². The van der Waals surface area contributed by atoms with Crippen LogP contribution in [0.5, 0.6) is 0 Å². The van der Waals surface area contributed by atoms with Crippen molar-refractivity contribution in [3.05, 3.63) is 0 Å². The summed E-state index contributed by atoms with van der Waals surface area (Å²) in [5.74, 6) is 0.573. The Morgan fingerprint density at radius 1 is 1.29 bits per heavy atom. The smallest absolute Gasteiger partial charge is 0.245 e. The Morgan fingerprint density at radius 3 is 2.52 bits per heavy atom. The van der Waals surface area contributed by atoms with E-state index in [0.717, 1.165) is 13.0 Å². The third kappa shape index (κ3) is 6.04. The second-order valence-corrected chi connectivity index (χ2v) is 7.24. The van der Waals surface area contributed by atoms with Gasteiger partial charge in [0.1, 0.15) is 6.04 Å². The van der Waals surface area contributed by atoms with Crippen LogP contribution in [0.2, 0.25) is 0 Å². The number of rotatable bonds is 6. The fourth-order valence-corrected chi connectivity index (χ4v) is 2.23. The van der Waals surface area contributed by atoms with Crippen molar-refractivity contribution < 1.29 is 14.3 Å². The normalized spacial score (nSPS) is 20.7. The van der Waals surface area contributed by atoms with Crippen LogP contribution >= 0.6 is 0 Å². The van der Waals surface area contributed by atoms with Gasteiger partial charge in [-0.2, -0.15) is 0 Å². The molecule has 5 nitrogen and oxygen atoms in total. The largest absolute Gasteiger partial charge is 0.380 e. The molecule has 1 atom stereocenters. The van der Waals surface area contributed by atoms with E-state index < -0.39 is 6.04 Å². The first-order valence-electron chi connectivity index (χ1n) is 7.87. The highest BCUT2D eigenvalue weighted by molar-refractivity contribution is 5.90. The van der Waals surface area contributed by atoms with Crippen LogP contribution in [0, 0.1) is 11.3 Å². The summed E-state index contributed by atoms with van der Waals surface area (Å²) in [6, 6.07) is -0.455. The lowest BCUT2D eigenvalue weighted by atomic mass is 9.86. The van der Waals surface area contributed by atoms with Gasteiger partial charge in [0, 0.05) is 26.1 Å². The van der Waals surface area contributed by atoms with E-state index in [1.165, 1.54) is 0 Å². The summed E-state index contributed by atoms with van der Waals surface area (Å²) in [7, 11) is 0. The van der Waals surface area contributed by atoms with E-state index in [1.807, 2.05) is 20.8 Å². The van der Waals surface area contributed by atoms with Crippen molar-refractivity contribution in [2.24, 2.45) is 11.3 Å². The van der Waals surface area contributed by atoms with Crippen molar-refractivity contribution >= 4 is 11.8 Å². The van der Waals surface area contributed by atoms with Crippen LogP contribution in [-0.4, -0.2) is 49.1 Å². The standard InChI is InChI=1S/C16H30N2O3/c1-12(2)7-10-21-11-9-18-8-6-13(19)17-14(15(18)20)16(3,4)5/h12,14H,6-11H2,1-5H3,(H,17,19). The van der Waals surface area contributed by atoms with E-state index in [1.54, 1.807) is 4.90 Å². The first kappa shape index (κ1) is 18.0. The molecular weight excluding hydrogens is 268 g/mol. The summed E-state index contributed by atoms with van der Waals surface area (Å²) in [6.07, 6.45) is 1.39. The summed E-state index contributed by atoms with van der Waals surface area (Å²) in [6.45, 7) is 12.5. The van der Waals surface area contributed by atoms with E-state index >= 15 is 0 Å². The summed E-state index contributed by atoms with van der Waals surface area (Å²) in [4.78, 5) is 26.1. The Balaban J connectivity index is 2.52. The van der Waals surface area contributed by atoms with Gasteiger partial charge in [0.05, 0.1) is 6.61 Å². The molecule has 0 spiro atoms. The number of carbonyl (C=O) groups excluding carboxylic acids is 2. The maximum Gasteiger partial charge on any atom is 0.245 e. The molecule has 1 heterocycles. The highest BCUT2D eigenvalue weighted by atomic mass is 16.5. The predicted octanol–water partition coefficient (Wildman–Crippen LogP) is 1.81. The fraction of sp³-hybridized carbons (Fsp3) is 0.875. The van der Waals surface area contributed by atoms with Gasteiger partial charge in [-0.25, -0.2) is 0 Å². The molecule has 1 saturated heterocycles. The number of ether oxygens (including phenoxy) is 1. The molecule has 0 aliphatic carbocycles. The zero-order chi connectivity index (χ0) is 16.0. The Morgan fingerprint density at radius 2 is 1.95 bits per heavy atom. The number of hydrogen-bond donors (Lipinski definition) is 1. The molecule has 1 aliphatic heterocycles. The van der Waals surface area contributed by atoms with Crippen molar-refractivity contribution in [1.29, 1.82) is 0 Å². The van der Waals surface area contributed by atoms with Gasteiger partial charge in [-0.05, 0) is 17.8 Å². The average Bonchev–Trinajstić information content (AvgIpc) is 2.49. The molecule has 0 radical (unpaired) electrons. The zero-order valence-electron chi connectivity index (χ0n) is 14.1. The zero-order valence-corrected chi connectivity index (χ0v) is 14.1. The molecule has 0 saturated carbocycles. The number of hydrogen-bond acceptors (Lipinski definition) is 3. The van der Waals surface area contributed by atoms with Crippen LogP contribution in [-0.2, 0) is 14.3 Å². The first-order valence-corrected chi connectivity index (χ1v) is 7.87. The molecule has 1 rings (SSSR count). The van der Waals surface area contributed by atoms with Crippen molar-refractivity contribution in [1.82, 2.24) is 10.2 Å². The summed E-state index contributed by atoms with van der Waals surface area (Å²) in [5, 5.41) is 2.84. The monoisotopic (exact) mass is 298 g/mol. The SMILES string of the molecule is CC(C)CCOCCN1CCC(=O)NC(C(C)(C)C)C1=O. The van der Waals surface area contributed by atoms with Crippen molar-refractivity contribution in [2.45, 2.75) is 53.5 Å². The van der Waals surface area contributed by atoms with Crippen molar-refractivity contribution in [3.8, 4) is 0 Å². The molecule has 0 aromatic heterocycles. The highest BCUT2D eigenvalue weighted by Crippen LogP contribution is 2.22. The van der Waals surface area contributed by atoms with Gasteiger partial charge in [-0.15, -0.1) is 0 Å². The predicted molar refractivity (Wildman–Crippen MR) is 82.9 cm³/mol. The molecular formula is C16H30N2O3. The fourth-order valence-electron chi connectivity index (χ4n) is 2.23. The van der Waals surface area contributed by atoms with E-state index in [2.05, 4.69) is 19.2 Å². The van der Waals surface area contributed by atoms with Crippen LogP contribution in [0.4, 0.5) is 0 Å². The minimum Gasteiger partial charge on any atom is -0.380 e. The van der Waals surface area contributed by atoms with E-state index in [0.29, 0.717) is 32.0 Å². The molecule has 1 fully saturated rings. The summed E-state index contributed by atoms with van der Waals surface area (Å²) >= 11 is 0. The number of carbonyl (C=O) groups is 2. The topological polar surface area (TPSA) is 58.6 Å². The van der Waals surface area contributed by atoms with Gasteiger partial charge < -0.3 is 15.0 Å². The van der Waals surface area contributed by atoms with E-state index in [9.17, 15) is 9.59 Å². The summed E-state index contributed by atoms with van der Waals surface area (Å²) < 4.78 is 5.58. The minimum atomic E-state index is -0.455. The highest BCUT2D eigenvalue weighted by Gasteiger charge is 2.37. The number of nitrogens with zero attached hydrogens (tertiary/aromatic N) is 1. The van der Waals surface area contributed by atoms with Gasteiger partial charge in [0.25, 0.3) is 0 Å². The molecule has 1 aliphatic rings. The van der Waals surface area contributed by atoms with Crippen LogP contribution in [0.1, 0.15) is 47.5 Å². The van der Waals surface area contributed by atoms with Gasteiger partial charge in [-0.3, -0.25) is 9.59 Å². The van der Waals surface area contributed by atoms with E-state index in [-0.39, 0.29) is 17.2 Å². The third-order valence-electron chi connectivity index (χ3n) is 3.68. The molecule has 0 bridgehead atoms. The maximum absolute atomic E-state index is 12.6. The molecule has 2 amide bonds. The second kappa shape index (κ2) is 7.78. The van der Waals surface area contributed by atoms with Crippen LogP contribution in [0.25, 0.3) is 0 Å². The number of nitrogens with one attached hydrogen (secondary N) is 1. The lowest BCUT2D eigenvalue weighted by Crippen LogP contribution is -2.52. The van der Waals surface area contributed by atoms with Gasteiger partial charge in [0.2, 0.25) is 11.8 Å². The van der Waals surface area contributed by atoms with Crippen LogP contribution in [0.3, 0.4) is 0 Å². The van der Waals surface area contributed by atoms with Crippen LogP contribution < -0.4 is 5.32 Å². The minimum absolute atomic E-state index is 0.000750. The van der Waals surface area contributed by atoms with E-state index in [4.69, 9.17) is 4.74 Å². The Bertz CT molecular complexity index is 361. The Hall–Kier alpha value is -1.10. The Kier molecular flexibility index (Phi) is 6.65. The van der Waals surface area contributed by atoms with Gasteiger partial charge in [-0.1, -0.05) is 34.6 Å². The van der Waals surface area contributed by atoms with Gasteiger partial charge in [0.15, 0.2) is 0 Å². The van der Waals surface area contributed by atoms with Gasteiger partial charge >= 0.3 is 0 Å².